The minimum absolute atomic E-state index is 0.0688. The van der Waals surface area contributed by atoms with Crippen molar-refractivity contribution in [2.45, 2.75) is 31.7 Å². The van der Waals surface area contributed by atoms with Gasteiger partial charge in [0.1, 0.15) is 0 Å². The molecule has 0 fully saturated rings. The van der Waals surface area contributed by atoms with Gasteiger partial charge >= 0.3 is 0 Å². The van der Waals surface area contributed by atoms with E-state index < -0.39 is 22.0 Å². The highest BCUT2D eigenvalue weighted by Crippen LogP contribution is 2.29. The zero-order valence-corrected chi connectivity index (χ0v) is 14.0. The van der Waals surface area contributed by atoms with Gasteiger partial charge in [0.05, 0.1) is 11.4 Å². The summed E-state index contributed by atoms with van der Waals surface area (Å²) >= 11 is 3.22. The van der Waals surface area contributed by atoms with Crippen molar-refractivity contribution >= 4 is 37.5 Å². The lowest BCUT2D eigenvalue weighted by molar-refractivity contribution is -0.118. The van der Waals surface area contributed by atoms with Gasteiger partial charge in [-0.1, -0.05) is 15.9 Å². The second kappa shape index (κ2) is 6.11. The van der Waals surface area contributed by atoms with E-state index in [9.17, 15) is 13.2 Å². The lowest BCUT2D eigenvalue weighted by Crippen LogP contribution is -2.42. The van der Waals surface area contributed by atoms with E-state index in [-0.39, 0.29) is 11.4 Å². The number of sulfonamides is 1. The number of carbonyl (C=O) groups excluding carboxylic acids is 1. The van der Waals surface area contributed by atoms with Crippen LogP contribution in [0.5, 0.6) is 0 Å². The van der Waals surface area contributed by atoms with Gasteiger partial charge in [0, 0.05) is 16.2 Å². The Bertz CT molecular complexity index is 629. The van der Waals surface area contributed by atoms with Gasteiger partial charge in [-0.05, 0) is 38.5 Å². The van der Waals surface area contributed by atoms with Gasteiger partial charge in [-0.2, -0.15) is 4.31 Å². The van der Waals surface area contributed by atoms with Gasteiger partial charge < -0.3 is 11.5 Å². The molecule has 8 heteroatoms. The summed E-state index contributed by atoms with van der Waals surface area (Å²) < 4.78 is 27.0. The maximum atomic E-state index is 12.7. The van der Waals surface area contributed by atoms with Crippen LogP contribution < -0.4 is 11.5 Å². The molecule has 0 heterocycles. The SMILES string of the molecule is Cc1c(N)cc(Br)cc1S(=O)(=O)N(CC(N)=O)C(C)C. The van der Waals surface area contributed by atoms with E-state index >= 15 is 0 Å². The average Bonchev–Trinajstić information content (AvgIpc) is 2.29. The predicted octanol–water partition coefficient (Wildman–Crippen LogP) is 1.22. The molecule has 0 unspecified atom stereocenters. The van der Waals surface area contributed by atoms with Crippen LogP contribution >= 0.6 is 15.9 Å². The number of nitrogens with two attached hydrogens (primary N) is 2. The molecule has 0 aliphatic heterocycles. The third-order valence-electron chi connectivity index (χ3n) is 2.84. The van der Waals surface area contributed by atoms with Crippen LogP contribution in [-0.2, 0) is 14.8 Å². The summed E-state index contributed by atoms with van der Waals surface area (Å²) in [5.41, 5.74) is 11.7. The number of hydrogen-bond donors (Lipinski definition) is 2. The van der Waals surface area contributed by atoms with Crippen molar-refractivity contribution in [1.82, 2.24) is 4.31 Å². The summed E-state index contributed by atoms with van der Waals surface area (Å²) in [7, 11) is -3.85. The molecule has 0 saturated carbocycles. The molecule has 1 rings (SSSR count). The van der Waals surface area contributed by atoms with Crippen LogP contribution in [0.2, 0.25) is 0 Å². The largest absolute Gasteiger partial charge is 0.398 e. The Kier molecular flexibility index (Phi) is 5.17. The fourth-order valence-corrected chi connectivity index (χ4v) is 4.28. The van der Waals surface area contributed by atoms with E-state index in [4.69, 9.17) is 11.5 Å². The van der Waals surface area contributed by atoms with Crippen LogP contribution in [0, 0.1) is 6.92 Å². The van der Waals surface area contributed by atoms with Crippen LogP contribution in [0.4, 0.5) is 5.69 Å². The molecule has 6 nitrogen and oxygen atoms in total. The van der Waals surface area contributed by atoms with E-state index in [1.807, 2.05) is 0 Å². The highest BCUT2D eigenvalue weighted by atomic mass is 79.9. The van der Waals surface area contributed by atoms with Crippen molar-refractivity contribution in [3.8, 4) is 0 Å². The number of amides is 1. The van der Waals surface area contributed by atoms with E-state index in [2.05, 4.69) is 15.9 Å². The Balaban J connectivity index is 3.45. The Morgan fingerprint density at radius 1 is 1.40 bits per heavy atom. The minimum atomic E-state index is -3.85. The topological polar surface area (TPSA) is 106 Å². The number of rotatable bonds is 5. The summed E-state index contributed by atoms with van der Waals surface area (Å²) in [6, 6.07) is 2.70. The molecular weight excluding hydrogens is 346 g/mol. The number of nitrogens with zero attached hydrogens (tertiary/aromatic N) is 1. The standard InChI is InChI=1S/C12H18BrN3O3S/c1-7(2)16(6-12(15)17)20(18,19)11-5-9(13)4-10(14)8(11)3/h4-5,7H,6,14H2,1-3H3,(H2,15,17). The van der Waals surface area contributed by atoms with Crippen molar-refractivity contribution in [3.05, 3.63) is 22.2 Å². The first-order valence-electron chi connectivity index (χ1n) is 5.93. The molecule has 0 radical (unpaired) electrons. The first-order chi connectivity index (χ1) is 9.07. The summed E-state index contributed by atoms with van der Waals surface area (Å²) in [4.78, 5) is 11.2. The second-order valence-corrected chi connectivity index (χ2v) is 7.50. The molecule has 1 aromatic carbocycles. The lowest BCUT2D eigenvalue weighted by Gasteiger charge is -2.25. The van der Waals surface area contributed by atoms with Crippen molar-refractivity contribution < 1.29 is 13.2 Å². The molecule has 0 aliphatic carbocycles. The zero-order valence-electron chi connectivity index (χ0n) is 11.6. The van der Waals surface area contributed by atoms with Crippen molar-refractivity contribution in [2.24, 2.45) is 5.73 Å². The number of benzene rings is 1. The highest BCUT2D eigenvalue weighted by Gasteiger charge is 2.30. The van der Waals surface area contributed by atoms with Crippen LogP contribution in [0.25, 0.3) is 0 Å². The molecule has 4 N–H and O–H groups in total. The number of primary amides is 1. The highest BCUT2D eigenvalue weighted by molar-refractivity contribution is 9.10. The van der Waals surface area contributed by atoms with Crippen LogP contribution in [0.15, 0.2) is 21.5 Å². The van der Waals surface area contributed by atoms with Gasteiger partial charge in [-0.15, -0.1) is 0 Å². The number of hydrogen-bond acceptors (Lipinski definition) is 4. The number of anilines is 1. The number of halogens is 1. The van der Waals surface area contributed by atoms with Gasteiger partial charge in [0.15, 0.2) is 0 Å². The average molecular weight is 364 g/mol. The molecule has 112 valence electrons. The van der Waals surface area contributed by atoms with E-state index in [1.165, 1.54) is 6.07 Å². The quantitative estimate of drug-likeness (QED) is 0.766. The predicted molar refractivity (Wildman–Crippen MR) is 81.5 cm³/mol. The van der Waals surface area contributed by atoms with Crippen molar-refractivity contribution in [3.63, 3.8) is 0 Å². The van der Waals surface area contributed by atoms with Gasteiger partial charge in [-0.25, -0.2) is 8.42 Å². The molecule has 0 aliphatic rings. The molecule has 1 amide bonds. The Labute approximate surface area is 127 Å². The van der Waals surface area contributed by atoms with E-state index in [1.54, 1.807) is 26.8 Å². The van der Waals surface area contributed by atoms with Gasteiger partial charge in [0.2, 0.25) is 15.9 Å². The summed E-state index contributed by atoms with van der Waals surface area (Å²) in [6.07, 6.45) is 0. The van der Waals surface area contributed by atoms with Gasteiger partial charge in [0.25, 0.3) is 0 Å². The summed E-state index contributed by atoms with van der Waals surface area (Å²) in [6.45, 7) is 4.61. The monoisotopic (exact) mass is 363 g/mol. The number of nitrogen functional groups attached to an aromatic ring is 1. The summed E-state index contributed by atoms with van der Waals surface area (Å²) in [5, 5.41) is 0. The first kappa shape index (κ1) is 16.9. The molecule has 0 bridgehead atoms. The Hall–Kier alpha value is -1.12. The molecule has 0 aromatic heterocycles. The smallest absolute Gasteiger partial charge is 0.244 e. The van der Waals surface area contributed by atoms with Crippen LogP contribution in [-0.4, -0.2) is 31.2 Å². The fraction of sp³-hybridized carbons (Fsp3) is 0.417. The Morgan fingerprint density at radius 3 is 2.40 bits per heavy atom. The van der Waals surface area contributed by atoms with Gasteiger partial charge in [-0.3, -0.25) is 4.79 Å². The minimum Gasteiger partial charge on any atom is -0.398 e. The third kappa shape index (κ3) is 3.50. The molecule has 0 atom stereocenters. The normalized spacial score (nSPS) is 12.1. The molecule has 1 aromatic rings. The molecular formula is C12H18BrN3O3S. The summed E-state index contributed by atoms with van der Waals surface area (Å²) in [5.74, 6) is -0.706. The molecule has 0 spiro atoms. The van der Waals surface area contributed by atoms with Crippen LogP contribution in [0.3, 0.4) is 0 Å². The fourth-order valence-electron chi connectivity index (χ4n) is 1.77. The van der Waals surface area contributed by atoms with E-state index in [0.29, 0.717) is 15.7 Å². The Morgan fingerprint density at radius 2 is 1.95 bits per heavy atom. The molecule has 0 saturated heterocycles. The van der Waals surface area contributed by atoms with Crippen molar-refractivity contribution in [2.75, 3.05) is 12.3 Å². The number of carbonyl (C=O) groups is 1. The van der Waals surface area contributed by atoms with Crippen molar-refractivity contribution in [1.29, 1.82) is 0 Å². The zero-order chi connectivity index (χ0) is 15.7. The second-order valence-electron chi connectivity index (χ2n) is 4.73. The first-order valence-corrected chi connectivity index (χ1v) is 8.16. The van der Waals surface area contributed by atoms with Crippen LogP contribution in [0.1, 0.15) is 19.4 Å². The van der Waals surface area contributed by atoms with E-state index in [0.717, 1.165) is 4.31 Å². The lowest BCUT2D eigenvalue weighted by atomic mass is 10.2. The molecule has 20 heavy (non-hydrogen) atoms. The maximum Gasteiger partial charge on any atom is 0.244 e. The third-order valence-corrected chi connectivity index (χ3v) is 5.45. The maximum absolute atomic E-state index is 12.7.